The molecule has 7 aromatic rings. The summed E-state index contributed by atoms with van der Waals surface area (Å²) in [5, 5.41) is 104. The van der Waals surface area contributed by atoms with Crippen LogP contribution in [0, 0.1) is 144 Å². The van der Waals surface area contributed by atoms with Crippen LogP contribution in [-0.4, -0.2) is 88.2 Å². The van der Waals surface area contributed by atoms with E-state index < -0.39 is 63.7 Å². The van der Waals surface area contributed by atoms with Crippen molar-refractivity contribution in [3.05, 3.63) is 129 Å². The maximum absolute atomic E-state index is 12.7. The first-order valence-electron chi connectivity index (χ1n) is 19.3. The van der Waals surface area contributed by atoms with Crippen LogP contribution < -0.4 is 0 Å². The fourth-order valence-electron chi connectivity index (χ4n) is 8.58. The smallest absolute Gasteiger partial charge is 0.258 e. The van der Waals surface area contributed by atoms with Crippen molar-refractivity contribution in [2.24, 2.45) is 0 Å². The van der Waals surface area contributed by atoms with Crippen LogP contribution >= 0.6 is 0 Å². The number of hydrogen-bond acceptors (Lipinski definition) is 18. The molecule has 0 bridgehead atoms. The molecule has 0 aliphatic heterocycles. The number of nitro groups is 6. The predicted molar refractivity (Wildman–Crippen MR) is 226 cm³/mol. The maximum Gasteiger partial charge on any atom is 0.313 e. The molecule has 1 aromatic carbocycles. The van der Waals surface area contributed by atoms with E-state index in [0.29, 0.717) is 0 Å². The van der Waals surface area contributed by atoms with Gasteiger partial charge >= 0.3 is 34.1 Å². The average Bonchev–Trinajstić information content (AvgIpc) is 3.99. The van der Waals surface area contributed by atoms with Crippen LogP contribution in [0.15, 0.2) is 0 Å². The van der Waals surface area contributed by atoms with Gasteiger partial charge in [-0.25, -0.2) is 28.1 Å². The fourth-order valence-corrected chi connectivity index (χ4v) is 8.58. The molecule has 0 saturated heterocycles. The van der Waals surface area contributed by atoms with E-state index >= 15 is 0 Å². The summed E-state index contributed by atoms with van der Waals surface area (Å²) < 4.78 is 6.19. The number of hydrogen-bond donors (Lipinski definition) is 0. The monoisotopic (exact) mass is 912 g/mol. The highest BCUT2D eigenvalue weighted by Crippen LogP contribution is 2.48. The Morgan fingerprint density at radius 3 is 0.439 bits per heavy atom. The van der Waals surface area contributed by atoms with Crippen LogP contribution in [0.4, 0.5) is 34.1 Å². The zero-order valence-electron chi connectivity index (χ0n) is 36.9. The van der Waals surface area contributed by atoms with E-state index in [4.69, 9.17) is 0 Å². The number of aromatic nitrogens is 12. The molecule has 0 atom stereocenters. The largest absolute Gasteiger partial charge is 0.313 e. The lowest BCUT2D eigenvalue weighted by Gasteiger charge is -2.28. The Morgan fingerprint density at radius 1 is 0.258 bits per heavy atom. The van der Waals surface area contributed by atoms with Crippen molar-refractivity contribution >= 4 is 34.1 Å². The van der Waals surface area contributed by atoms with Crippen molar-refractivity contribution in [2.45, 2.75) is 83.1 Å². The first-order chi connectivity index (χ1) is 30.8. The molecule has 0 radical (unpaired) electrons. The van der Waals surface area contributed by atoms with Crippen LogP contribution in [0.2, 0.25) is 0 Å². The molecule has 6 aromatic heterocycles. The molecule has 342 valence electrons. The summed E-state index contributed by atoms with van der Waals surface area (Å²) in [6.45, 7) is 15.7. The minimum Gasteiger partial charge on any atom is -0.258 e. The van der Waals surface area contributed by atoms with Gasteiger partial charge in [0.25, 0.3) is 0 Å². The van der Waals surface area contributed by atoms with Crippen molar-refractivity contribution in [2.75, 3.05) is 0 Å². The van der Waals surface area contributed by atoms with E-state index in [1.807, 2.05) is 0 Å². The van der Waals surface area contributed by atoms with Crippen molar-refractivity contribution in [1.82, 2.24) is 58.7 Å². The van der Waals surface area contributed by atoms with Gasteiger partial charge < -0.3 is 0 Å². The number of nitrogens with zero attached hydrogens (tertiary/aromatic N) is 18. The summed E-state index contributed by atoms with van der Waals surface area (Å²) in [4.78, 5) is 72.1. The molecule has 0 fully saturated rings. The minimum atomic E-state index is -0.726. The molecular formula is C36H36N18O12. The summed E-state index contributed by atoms with van der Waals surface area (Å²) in [5.74, 6) is 0. The zero-order valence-corrected chi connectivity index (χ0v) is 36.9. The summed E-state index contributed by atoms with van der Waals surface area (Å²) in [6.07, 6.45) is 0. The highest BCUT2D eigenvalue weighted by atomic mass is 16.6. The first-order valence-corrected chi connectivity index (χ1v) is 19.3. The third-order valence-corrected chi connectivity index (χ3v) is 11.2. The standard InChI is InChI=1S/C36H36N18O12/c1-13-25(49(55)56)19(7)43(37-13)31-32(44-20(8)26(50(57)58)14(2)38-44)34(46-22(10)28(52(61)62)16(4)40-46)36(48-24(12)30(54(65)66)18(6)42-48)35(47-23(11)29(53(63)64)17(5)41-47)33(31)45-21(9)27(51(59)60)15(3)39-45/h1-12H3. The van der Waals surface area contributed by atoms with Crippen molar-refractivity contribution in [1.29, 1.82) is 0 Å². The average molecular weight is 913 g/mol. The number of benzene rings is 1. The number of aryl methyl sites for hydroxylation is 6. The SMILES string of the molecule is Cc1nn(-c2c(-n3nc(C)c([N+](=O)[O-])c3C)c(-n3nc(C)c([N+](=O)[O-])c3C)c(-n3nc(C)c([N+](=O)[O-])c3C)c(-n3nc(C)c([N+](=O)[O-])c3C)c2-n2nc(C)c([N+](=O)[O-])c2C)c(C)c1[N+](=O)[O-]. The molecule has 0 spiro atoms. The highest BCUT2D eigenvalue weighted by molar-refractivity contribution is 5.89. The minimum absolute atomic E-state index is 0.182. The van der Waals surface area contributed by atoms with E-state index in [0.717, 1.165) is 28.1 Å². The van der Waals surface area contributed by atoms with E-state index in [9.17, 15) is 60.7 Å². The topological polar surface area (TPSA) is 366 Å². The molecule has 0 saturated carbocycles. The van der Waals surface area contributed by atoms with Gasteiger partial charge in [-0.3, -0.25) is 60.7 Å². The van der Waals surface area contributed by atoms with E-state index in [-0.39, 0.29) is 102 Å². The Kier molecular flexibility index (Phi) is 10.4. The van der Waals surface area contributed by atoms with Crippen LogP contribution in [0.3, 0.4) is 0 Å². The Labute approximate surface area is 368 Å². The summed E-state index contributed by atoms with van der Waals surface area (Å²) in [5.41, 5.74) is -7.80. The Hall–Kier alpha value is -9.12. The Morgan fingerprint density at radius 2 is 0.364 bits per heavy atom. The molecule has 0 amide bonds. The van der Waals surface area contributed by atoms with Gasteiger partial charge in [-0.05, 0) is 83.1 Å². The van der Waals surface area contributed by atoms with Gasteiger partial charge in [0.1, 0.15) is 102 Å². The second-order valence-electron chi connectivity index (χ2n) is 15.2. The van der Waals surface area contributed by atoms with Crippen LogP contribution in [0.5, 0.6) is 0 Å². The lowest BCUT2D eigenvalue weighted by atomic mass is 10.1. The molecule has 66 heavy (non-hydrogen) atoms. The third-order valence-electron chi connectivity index (χ3n) is 11.2. The lowest BCUT2D eigenvalue weighted by Crippen LogP contribution is -2.24. The predicted octanol–water partition coefficient (Wildman–Crippen LogP) is 5.95. The second kappa shape index (κ2) is 15.3. The van der Waals surface area contributed by atoms with Gasteiger partial charge in [-0.15, -0.1) is 0 Å². The van der Waals surface area contributed by atoms with E-state index in [1.165, 1.54) is 83.1 Å². The van der Waals surface area contributed by atoms with Crippen LogP contribution in [0.25, 0.3) is 34.1 Å². The van der Waals surface area contributed by atoms with Crippen molar-refractivity contribution in [3.63, 3.8) is 0 Å². The van der Waals surface area contributed by atoms with Gasteiger partial charge in [0, 0.05) is 0 Å². The molecule has 30 nitrogen and oxygen atoms in total. The summed E-state index contributed by atoms with van der Waals surface area (Å²) in [6, 6.07) is 0. The third kappa shape index (κ3) is 6.31. The maximum atomic E-state index is 12.7. The summed E-state index contributed by atoms with van der Waals surface area (Å²) >= 11 is 0. The van der Waals surface area contributed by atoms with E-state index in [2.05, 4.69) is 30.6 Å². The normalized spacial score (nSPS) is 11.5. The quantitative estimate of drug-likeness (QED) is 0.101. The Bertz CT molecular complexity index is 2790. The van der Waals surface area contributed by atoms with Gasteiger partial charge in [0.05, 0.1) is 29.5 Å². The fraction of sp³-hybridized carbons (Fsp3) is 0.333. The van der Waals surface area contributed by atoms with Crippen LogP contribution in [0.1, 0.15) is 68.3 Å². The van der Waals surface area contributed by atoms with Gasteiger partial charge in [-0.2, -0.15) is 30.6 Å². The summed E-state index contributed by atoms with van der Waals surface area (Å²) in [7, 11) is 0. The highest BCUT2D eigenvalue weighted by Gasteiger charge is 2.42. The molecule has 0 N–H and O–H groups in total. The molecule has 6 heterocycles. The van der Waals surface area contributed by atoms with Gasteiger partial charge in [0.15, 0.2) is 0 Å². The van der Waals surface area contributed by atoms with Crippen LogP contribution in [-0.2, 0) is 0 Å². The molecule has 0 aliphatic rings. The Balaban J connectivity index is 2.03. The van der Waals surface area contributed by atoms with E-state index in [1.54, 1.807) is 0 Å². The molecule has 30 heteroatoms. The second-order valence-corrected chi connectivity index (χ2v) is 15.2. The van der Waals surface area contributed by atoms with Gasteiger partial charge in [0.2, 0.25) is 0 Å². The molecular weight excluding hydrogens is 877 g/mol. The van der Waals surface area contributed by atoms with Gasteiger partial charge in [-0.1, -0.05) is 0 Å². The molecule has 0 unspecified atom stereocenters. The molecule has 0 aliphatic carbocycles. The zero-order chi connectivity index (χ0) is 49.0. The lowest BCUT2D eigenvalue weighted by molar-refractivity contribution is -0.386. The van der Waals surface area contributed by atoms with Crippen molar-refractivity contribution in [3.8, 4) is 34.1 Å². The van der Waals surface area contributed by atoms with Crippen molar-refractivity contribution < 1.29 is 29.5 Å². The number of rotatable bonds is 12. The first kappa shape index (κ1) is 44.9. The molecule has 7 rings (SSSR count).